The molecule has 0 aromatic rings. The van der Waals surface area contributed by atoms with Crippen molar-refractivity contribution < 1.29 is 4.84 Å². The highest BCUT2D eigenvalue weighted by Crippen LogP contribution is 1.77. The molecule has 0 saturated heterocycles. The molecule has 0 aliphatic rings. The van der Waals surface area contributed by atoms with Crippen LogP contribution < -0.4 is 5.53 Å². The average molecular weight is 120 g/mol. The quantitative estimate of drug-likeness (QED) is 0.415. The monoisotopic (exact) mass is 120 g/mol. The molecule has 0 aliphatic carbocycles. The fraction of sp³-hybridized carbons (Fsp3) is 1.00. The third-order valence-corrected chi connectivity index (χ3v) is 0.369. The number of rotatable bonds is 4. The lowest BCUT2D eigenvalue weighted by Crippen LogP contribution is -2.27. The lowest BCUT2D eigenvalue weighted by molar-refractivity contribution is -0.152. The third kappa shape index (κ3) is 3.47. The van der Waals surface area contributed by atoms with E-state index in [1.54, 1.807) is 6.92 Å². The van der Waals surface area contributed by atoms with Gasteiger partial charge in [0.1, 0.15) is 0 Å². The SMILES string of the molecule is CCON([O-])NN=O. The summed E-state index contributed by atoms with van der Waals surface area (Å²) in [4.78, 5) is 13.4. The first-order valence-corrected chi connectivity index (χ1v) is 1.99. The van der Waals surface area contributed by atoms with Crippen LogP contribution in [-0.2, 0) is 4.84 Å². The van der Waals surface area contributed by atoms with Gasteiger partial charge in [-0.3, -0.25) is 4.84 Å². The van der Waals surface area contributed by atoms with Gasteiger partial charge in [-0.25, -0.2) is 0 Å². The van der Waals surface area contributed by atoms with Gasteiger partial charge >= 0.3 is 0 Å². The van der Waals surface area contributed by atoms with Crippen LogP contribution in [0.1, 0.15) is 6.92 Å². The van der Waals surface area contributed by atoms with Crippen molar-refractivity contribution in [1.29, 1.82) is 0 Å². The number of nitrogens with one attached hydrogen (secondary N) is 1. The molecule has 0 spiro atoms. The van der Waals surface area contributed by atoms with E-state index in [2.05, 4.69) is 4.84 Å². The molecule has 0 aliphatic heterocycles. The van der Waals surface area contributed by atoms with E-state index in [9.17, 15) is 10.1 Å². The summed E-state index contributed by atoms with van der Waals surface area (Å²) in [7, 11) is 0. The van der Waals surface area contributed by atoms with Gasteiger partial charge < -0.3 is 5.21 Å². The number of nitroso groups, excluding NO2 is 1. The van der Waals surface area contributed by atoms with Gasteiger partial charge in [-0.05, 0) is 6.92 Å². The summed E-state index contributed by atoms with van der Waals surface area (Å²) in [5.41, 5.74) is 1.47. The Kier molecular flexibility index (Phi) is 4.04. The molecule has 0 atom stereocenters. The van der Waals surface area contributed by atoms with Crippen molar-refractivity contribution in [2.45, 2.75) is 6.92 Å². The third-order valence-electron chi connectivity index (χ3n) is 0.369. The minimum atomic E-state index is -0.118. The lowest BCUT2D eigenvalue weighted by atomic mass is 10.9. The molecule has 6 heteroatoms. The van der Waals surface area contributed by atoms with Gasteiger partial charge in [0.05, 0.1) is 11.9 Å². The summed E-state index contributed by atoms with van der Waals surface area (Å²) in [5.74, 6) is 0. The summed E-state index contributed by atoms with van der Waals surface area (Å²) >= 11 is 0. The molecule has 0 fully saturated rings. The summed E-state index contributed by atoms with van der Waals surface area (Å²) in [6.45, 7) is 1.81. The van der Waals surface area contributed by atoms with E-state index in [0.29, 0.717) is 0 Å². The molecule has 8 heavy (non-hydrogen) atoms. The minimum absolute atomic E-state index is 0.118. The van der Waals surface area contributed by atoms with E-state index < -0.39 is 0 Å². The summed E-state index contributed by atoms with van der Waals surface area (Å²) in [6.07, 6.45) is 0. The maximum atomic E-state index is 9.93. The molecule has 0 aromatic heterocycles. The van der Waals surface area contributed by atoms with Gasteiger partial charge in [0.15, 0.2) is 0 Å². The van der Waals surface area contributed by atoms with Crippen molar-refractivity contribution in [2.75, 3.05) is 6.61 Å². The van der Waals surface area contributed by atoms with Crippen molar-refractivity contribution in [2.24, 2.45) is 5.29 Å². The number of hydrogen-bond acceptors (Lipinski definition) is 5. The molecule has 6 nitrogen and oxygen atoms in total. The number of hydrazine groups is 1. The van der Waals surface area contributed by atoms with Crippen LogP contribution in [0.4, 0.5) is 0 Å². The van der Waals surface area contributed by atoms with Crippen molar-refractivity contribution in [1.82, 2.24) is 10.9 Å². The fourth-order valence-corrected chi connectivity index (χ4v) is 0.179. The molecule has 48 valence electrons. The van der Waals surface area contributed by atoms with Crippen LogP contribution in [0.3, 0.4) is 0 Å². The molecule has 0 rings (SSSR count). The number of nitrogens with zero attached hydrogens (tertiary/aromatic N) is 2. The number of hydrogen-bond donors (Lipinski definition) is 1. The van der Waals surface area contributed by atoms with Crippen LogP contribution in [0.15, 0.2) is 5.29 Å². The van der Waals surface area contributed by atoms with Gasteiger partial charge in [0.25, 0.3) is 0 Å². The van der Waals surface area contributed by atoms with Crippen LogP contribution in [0.25, 0.3) is 0 Å². The van der Waals surface area contributed by atoms with Crippen molar-refractivity contribution in [3.63, 3.8) is 0 Å². The maximum Gasteiger partial charge on any atom is 0.0669 e. The zero-order valence-electron chi connectivity index (χ0n) is 4.33. The van der Waals surface area contributed by atoms with E-state index >= 15 is 0 Å². The van der Waals surface area contributed by atoms with E-state index in [-0.39, 0.29) is 11.9 Å². The summed E-state index contributed by atoms with van der Waals surface area (Å²) in [6, 6.07) is 0. The van der Waals surface area contributed by atoms with Crippen LogP contribution in [0.5, 0.6) is 0 Å². The first-order valence-electron chi connectivity index (χ1n) is 1.99. The molecule has 0 aromatic carbocycles. The molecule has 0 amide bonds. The average Bonchev–Trinajstić information content (AvgIpc) is 1.68. The predicted octanol–water partition coefficient (Wildman–Crippen LogP) is -0.0763. The Balaban J connectivity index is 3.03. The van der Waals surface area contributed by atoms with Crippen molar-refractivity contribution >= 4 is 0 Å². The summed E-state index contributed by atoms with van der Waals surface area (Å²) < 4.78 is 0. The molecule has 0 saturated carbocycles. The van der Waals surface area contributed by atoms with Crippen LogP contribution in [0, 0.1) is 10.1 Å². The summed E-state index contributed by atoms with van der Waals surface area (Å²) in [5, 5.41) is 11.9. The highest BCUT2D eigenvalue weighted by molar-refractivity contribution is 4.25. The smallest absolute Gasteiger partial charge is 0.0669 e. The minimum Gasteiger partial charge on any atom is -0.742 e. The molecule has 0 radical (unpaired) electrons. The van der Waals surface area contributed by atoms with Gasteiger partial charge in [0, 0.05) is 0 Å². The first-order chi connectivity index (χ1) is 3.81. The van der Waals surface area contributed by atoms with Crippen LogP contribution in [-0.4, -0.2) is 11.9 Å². The van der Waals surface area contributed by atoms with Gasteiger partial charge in [0.2, 0.25) is 0 Å². The van der Waals surface area contributed by atoms with Gasteiger partial charge in [-0.15, -0.1) is 4.91 Å². The normalized spacial score (nSPS) is 9.38. The molecule has 0 bridgehead atoms. The Morgan fingerprint density at radius 1 is 2.00 bits per heavy atom. The van der Waals surface area contributed by atoms with Crippen LogP contribution >= 0.6 is 0 Å². The van der Waals surface area contributed by atoms with E-state index in [0.717, 1.165) is 0 Å². The zero-order chi connectivity index (χ0) is 6.41. The second-order valence-electron chi connectivity index (χ2n) is 0.866. The topological polar surface area (TPSA) is 77.0 Å². The highest BCUT2D eigenvalue weighted by atomic mass is 16.9. The Bertz CT molecular complexity index is 67.5. The standard InChI is InChI=1S/C2H6N3O3/c1-2-8-5(7)3-4-6/h2H2,1H3,(H,3,6)/q-1. The van der Waals surface area contributed by atoms with E-state index in [1.807, 2.05) is 5.29 Å². The second kappa shape index (κ2) is 4.44. The molecular weight excluding hydrogens is 114 g/mol. The lowest BCUT2D eigenvalue weighted by Gasteiger charge is -2.21. The fourth-order valence-electron chi connectivity index (χ4n) is 0.179. The Hall–Kier alpha value is -0.720. The highest BCUT2D eigenvalue weighted by Gasteiger charge is 1.81. The van der Waals surface area contributed by atoms with Gasteiger partial charge in [-0.2, -0.15) is 10.9 Å². The largest absolute Gasteiger partial charge is 0.742 e. The van der Waals surface area contributed by atoms with Crippen molar-refractivity contribution in [3.05, 3.63) is 10.1 Å². The molecular formula is C2H6N3O3-. The van der Waals surface area contributed by atoms with Crippen LogP contribution in [0.2, 0.25) is 0 Å². The Labute approximate surface area is 45.9 Å². The Morgan fingerprint density at radius 2 is 2.62 bits per heavy atom. The van der Waals surface area contributed by atoms with Crippen molar-refractivity contribution in [3.8, 4) is 0 Å². The Morgan fingerprint density at radius 3 is 3.00 bits per heavy atom. The van der Waals surface area contributed by atoms with E-state index in [1.165, 1.54) is 5.53 Å². The molecule has 1 N–H and O–H groups in total. The second-order valence-corrected chi connectivity index (χ2v) is 0.866. The molecule has 0 heterocycles. The first kappa shape index (κ1) is 7.28. The van der Waals surface area contributed by atoms with Gasteiger partial charge in [-0.1, -0.05) is 0 Å². The predicted molar refractivity (Wildman–Crippen MR) is 25.8 cm³/mol. The zero-order valence-corrected chi connectivity index (χ0v) is 4.33. The molecule has 0 unspecified atom stereocenters. The van der Waals surface area contributed by atoms with E-state index in [4.69, 9.17) is 0 Å². The maximum absolute atomic E-state index is 9.93.